The zero-order chi connectivity index (χ0) is 15.5. The maximum Gasteiger partial charge on any atom is 0.236 e. The van der Waals surface area contributed by atoms with E-state index in [0.717, 1.165) is 37.4 Å². The van der Waals surface area contributed by atoms with Gasteiger partial charge in [0.15, 0.2) is 0 Å². The summed E-state index contributed by atoms with van der Waals surface area (Å²) < 4.78 is 0. The van der Waals surface area contributed by atoms with Gasteiger partial charge in [0.25, 0.3) is 0 Å². The number of halogens is 1. The summed E-state index contributed by atoms with van der Waals surface area (Å²) in [6.45, 7) is 5.50. The number of carbonyl (C=O) groups is 2. The number of hydrogen-bond donors (Lipinski definition) is 1. The van der Waals surface area contributed by atoms with Crippen molar-refractivity contribution >= 4 is 35.6 Å². The minimum Gasteiger partial charge on any atom is -0.340 e. The van der Waals surface area contributed by atoms with Gasteiger partial charge in [-0.05, 0) is 31.2 Å². The van der Waals surface area contributed by atoms with Gasteiger partial charge in [-0.25, -0.2) is 0 Å². The van der Waals surface area contributed by atoms with Gasteiger partial charge in [0.2, 0.25) is 11.8 Å². The molecule has 0 aliphatic carbocycles. The van der Waals surface area contributed by atoms with Crippen LogP contribution < -0.4 is 5.32 Å². The first-order valence-electron chi connectivity index (χ1n) is 7.99. The van der Waals surface area contributed by atoms with Gasteiger partial charge in [0, 0.05) is 37.1 Å². The van der Waals surface area contributed by atoms with Crippen LogP contribution in [-0.2, 0) is 9.59 Å². The zero-order valence-corrected chi connectivity index (χ0v) is 15.0. The van der Waals surface area contributed by atoms with E-state index in [4.69, 9.17) is 0 Å². The smallest absolute Gasteiger partial charge is 0.236 e. The fourth-order valence-corrected chi connectivity index (χ4v) is 4.13. The monoisotopic (exact) mass is 357 g/mol. The van der Waals surface area contributed by atoms with E-state index in [0.29, 0.717) is 13.1 Å². The van der Waals surface area contributed by atoms with Crippen molar-refractivity contribution in [3.63, 3.8) is 0 Å². The van der Waals surface area contributed by atoms with E-state index in [1.54, 1.807) is 11.3 Å². The van der Waals surface area contributed by atoms with Crippen LogP contribution >= 0.6 is 23.7 Å². The van der Waals surface area contributed by atoms with Gasteiger partial charge in [-0.15, -0.1) is 23.7 Å². The number of piperidine rings is 1. The van der Waals surface area contributed by atoms with E-state index < -0.39 is 0 Å². The fraction of sp³-hybridized carbons (Fsp3) is 0.625. The number of carbonyl (C=O) groups excluding carboxylic acids is 2. The third-order valence-corrected chi connectivity index (χ3v) is 5.67. The average molecular weight is 358 g/mol. The van der Waals surface area contributed by atoms with Crippen LogP contribution in [0.4, 0.5) is 0 Å². The van der Waals surface area contributed by atoms with Crippen LogP contribution in [0.15, 0.2) is 17.5 Å². The summed E-state index contributed by atoms with van der Waals surface area (Å²) in [6.07, 6.45) is 1.98. The summed E-state index contributed by atoms with van der Waals surface area (Å²) in [7, 11) is 0. The van der Waals surface area contributed by atoms with E-state index in [9.17, 15) is 9.59 Å². The Kier molecular flexibility index (Phi) is 6.44. The largest absolute Gasteiger partial charge is 0.340 e. The first-order valence-corrected chi connectivity index (χ1v) is 8.87. The molecule has 2 aliphatic rings. The van der Waals surface area contributed by atoms with E-state index in [2.05, 4.69) is 5.32 Å². The maximum absolute atomic E-state index is 12.7. The van der Waals surface area contributed by atoms with Crippen LogP contribution in [0, 0.1) is 0 Å². The Hall–Kier alpha value is -1.11. The van der Waals surface area contributed by atoms with Crippen molar-refractivity contribution in [1.82, 2.24) is 15.1 Å². The van der Waals surface area contributed by atoms with Crippen LogP contribution in [0.5, 0.6) is 0 Å². The molecule has 7 heteroatoms. The van der Waals surface area contributed by atoms with Crippen LogP contribution in [0.25, 0.3) is 0 Å². The lowest BCUT2D eigenvalue weighted by molar-refractivity contribution is -0.141. The molecule has 2 fully saturated rings. The van der Waals surface area contributed by atoms with Gasteiger partial charge in [0.1, 0.15) is 0 Å². The zero-order valence-electron chi connectivity index (χ0n) is 13.4. The second kappa shape index (κ2) is 8.13. The lowest BCUT2D eigenvalue weighted by atomic mass is 10.0. The second-order valence-electron chi connectivity index (χ2n) is 6.08. The standard InChI is InChI=1S/C16H23N3O2S.ClH/c1-12(14-5-3-9-22-14)16(21)18-7-2-4-13(11-18)19-8-6-17-10-15(19)20;/h3,5,9,12-13,17H,2,4,6-8,10-11H2,1H3;1H. The molecule has 128 valence electrons. The Balaban J connectivity index is 0.00000192. The highest BCUT2D eigenvalue weighted by molar-refractivity contribution is 7.10. The van der Waals surface area contributed by atoms with Gasteiger partial charge < -0.3 is 15.1 Å². The molecular formula is C16H24ClN3O2S. The number of nitrogens with one attached hydrogen (secondary N) is 1. The van der Waals surface area contributed by atoms with Crippen molar-refractivity contribution in [3.05, 3.63) is 22.4 Å². The second-order valence-corrected chi connectivity index (χ2v) is 7.06. The molecule has 2 amide bonds. The molecular weight excluding hydrogens is 334 g/mol. The predicted molar refractivity (Wildman–Crippen MR) is 94.2 cm³/mol. The van der Waals surface area contributed by atoms with Crippen LogP contribution in [0.2, 0.25) is 0 Å². The number of thiophene rings is 1. The molecule has 1 aromatic rings. The van der Waals surface area contributed by atoms with Gasteiger partial charge >= 0.3 is 0 Å². The number of rotatable bonds is 3. The number of nitrogens with zero attached hydrogens (tertiary/aromatic N) is 2. The Bertz CT molecular complexity index is 537. The number of hydrogen-bond acceptors (Lipinski definition) is 4. The molecule has 0 radical (unpaired) electrons. The SMILES string of the molecule is CC(C(=O)N1CCCC(N2CCNCC2=O)C1)c1cccs1.Cl. The van der Waals surface area contributed by atoms with Crippen molar-refractivity contribution in [3.8, 4) is 0 Å². The van der Waals surface area contributed by atoms with Crippen molar-refractivity contribution in [2.75, 3.05) is 32.7 Å². The van der Waals surface area contributed by atoms with Crippen molar-refractivity contribution < 1.29 is 9.59 Å². The molecule has 23 heavy (non-hydrogen) atoms. The first-order chi connectivity index (χ1) is 10.7. The molecule has 0 bridgehead atoms. The molecule has 1 aromatic heterocycles. The Morgan fingerprint density at radius 3 is 2.96 bits per heavy atom. The van der Waals surface area contributed by atoms with Crippen LogP contribution in [0.3, 0.4) is 0 Å². The molecule has 0 aromatic carbocycles. The first kappa shape index (κ1) is 18.2. The molecule has 3 rings (SSSR count). The third-order valence-electron chi connectivity index (χ3n) is 4.62. The lowest BCUT2D eigenvalue weighted by Crippen LogP contribution is -2.57. The van der Waals surface area contributed by atoms with Gasteiger partial charge in [-0.1, -0.05) is 6.07 Å². The third kappa shape index (κ3) is 4.05. The molecule has 0 saturated carbocycles. The van der Waals surface area contributed by atoms with E-state index in [-0.39, 0.29) is 36.2 Å². The Morgan fingerprint density at radius 2 is 2.26 bits per heavy atom. The van der Waals surface area contributed by atoms with Crippen LogP contribution in [-0.4, -0.2) is 60.4 Å². The summed E-state index contributed by atoms with van der Waals surface area (Å²) in [6, 6.07) is 4.19. The highest BCUT2D eigenvalue weighted by Crippen LogP contribution is 2.25. The minimum atomic E-state index is -0.0857. The van der Waals surface area contributed by atoms with E-state index in [1.165, 1.54) is 0 Å². The minimum absolute atomic E-state index is 0. The molecule has 2 saturated heterocycles. The maximum atomic E-state index is 12.7. The summed E-state index contributed by atoms with van der Waals surface area (Å²) >= 11 is 1.63. The Labute approximate surface area is 147 Å². The van der Waals surface area contributed by atoms with Crippen molar-refractivity contribution in [2.45, 2.75) is 31.7 Å². The summed E-state index contributed by atoms with van der Waals surface area (Å²) in [5.41, 5.74) is 0. The number of amides is 2. The molecule has 2 unspecified atom stereocenters. The molecule has 2 atom stereocenters. The van der Waals surface area contributed by atoms with Gasteiger partial charge in [0.05, 0.1) is 12.5 Å². The quantitative estimate of drug-likeness (QED) is 0.895. The topological polar surface area (TPSA) is 52.7 Å². The molecule has 2 aliphatic heterocycles. The van der Waals surface area contributed by atoms with Crippen molar-refractivity contribution in [1.29, 1.82) is 0 Å². The molecule has 5 nitrogen and oxygen atoms in total. The fourth-order valence-electron chi connectivity index (χ4n) is 3.35. The molecule has 0 spiro atoms. The highest BCUT2D eigenvalue weighted by atomic mass is 35.5. The molecule has 3 heterocycles. The molecule has 1 N–H and O–H groups in total. The van der Waals surface area contributed by atoms with E-state index in [1.807, 2.05) is 34.2 Å². The number of piperazine rings is 1. The van der Waals surface area contributed by atoms with Crippen LogP contribution in [0.1, 0.15) is 30.6 Å². The summed E-state index contributed by atoms with van der Waals surface area (Å²) in [4.78, 5) is 29.8. The Morgan fingerprint density at radius 1 is 1.43 bits per heavy atom. The number of likely N-dealkylation sites (tertiary alicyclic amines) is 1. The predicted octanol–water partition coefficient (Wildman–Crippen LogP) is 1.70. The van der Waals surface area contributed by atoms with Crippen molar-refractivity contribution in [2.24, 2.45) is 0 Å². The van der Waals surface area contributed by atoms with Gasteiger partial charge in [-0.3, -0.25) is 9.59 Å². The average Bonchev–Trinajstić information content (AvgIpc) is 3.08. The lowest BCUT2D eigenvalue weighted by Gasteiger charge is -2.41. The van der Waals surface area contributed by atoms with Gasteiger partial charge in [-0.2, -0.15) is 0 Å². The van der Waals surface area contributed by atoms with E-state index >= 15 is 0 Å². The summed E-state index contributed by atoms with van der Waals surface area (Å²) in [5, 5.41) is 5.12. The normalized spacial score (nSPS) is 23.3. The summed E-state index contributed by atoms with van der Waals surface area (Å²) in [5.74, 6) is 0.268. The highest BCUT2D eigenvalue weighted by Gasteiger charge is 2.33.